The highest BCUT2D eigenvalue weighted by atomic mass is 32.1. The molecule has 0 radical (unpaired) electrons. The Morgan fingerprint density at radius 3 is 2.95 bits per heavy atom. The lowest BCUT2D eigenvalue weighted by Crippen LogP contribution is -2.28. The molecular weight excluding hydrogens is 298 g/mol. The second-order valence-electron chi connectivity index (χ2n) is 4.61. The van der Waals surface area contributed by atoms with Crippen molar-refractivity contribution in [1.82, 2.24) is 20.1 Å². The largest absolute Gasteiger partial charge is 0.333 e. The average molecular weight is 313 g/mol. The fourth-order valence-electron chi connectivity index (χ4n) is 1.92. The molecule has 2 amide bonds. The smallest absolute Gasteiger partial charge is 0.320 e. The van der Waals surface area contributed by atoms with Gasteiger partial charge in [0.15, 0.2) is 5.82 Å². The molecule has 112 valence electrons. The van der Waals surface area contributed by atoms with Crippen LogP contribution in [0.3, 0.4) is 0 Å². The molecule has 0 aliphatic heterocycles. The zero-order valence-electron chi connectivity index (χ0n) is 11.8. The monoisotopic (exact) mass is 313 g/mol. The molecule has 3 aromatic rings. The molecule has 0 spiro atoms. The van der Waals surface area contributed by atoms with Crippen molar-refractivity contribution in [3.63, 3.8) is 0 Å². The lowest BCUT2D eigenvalue weighted by molar-refractivity contribution is 0.251. The number of hydrogen-bond acceptors (Lipinski definition) is 4. The molecule has 0 aliphatic carbocycles. The molecule has 22 heavy (non-hydrogen) atoms. The molecule has 0 aliphatic rings. The molecule has 0 saturated carbocycles. The Morgan fingerprint density at radius 2 is 2.18 bits per heavy atom. The number of nitrogens with zero attached hydrogens (tertiary/aromatic N) is 3. The summed E-state index contributed by atoms with van der Waals surface area (Å²) in [6.45, 7) is 1.08. The summed E-state index contributed by atoms with van der Waals surface area (Å²) < 4.78 is 1.73. The summed E-state index contributed by atoms with van der Waals surface area (Å²) >= 11 is 1.61. The number of amides is 2. The fraction of sp³-hybridized carbons (Fsp3) is 0.133. The Kier molecular flexibility index (Phi) is 4.45. The van der Waals surface area contributed by atoms with Crippen LogP contribution < -0.4 is 10.6 Å². The summed E-state index contributed by atoms with van der Waals surface area (Å²) in [6, 6.07) is 11.2. The van der Waals surface area contributed by atoms with Crippen LogP contribution in [0, 0.1) is 0 Å². The molecule has 0 fully saturated rings. The van der Waals surface area contributed by atoms with Crippen molar-refractivity contribution < 1.29 is 4.79 Å². The van der Waals surface area contributed by atoms with Gasteiger partial charge in [-0.25, -0.2) is 4.79 Å². The third kappa shape index (κ3) is 3.92. The summed E-state index contributed by atoms with van der Waals surface area (Å²) in [4.78, 5) is 17.1. The summed E-state index contributed by atoms with van der Waals surface area (Å²) in [7, 11) is 0. The Morgan fingerprint density at radius 1 is 1.23 bits per heavy atom. The minimum absolute atomic E-state index is 0.267. The van der Waals surface area contributed by atoms with Crippen molar-refractivity contribution in [2.75, 3.05) is 5.32 Å². The number of rotatable bonds is 5. The molecule has 0 aromatic carbocycles. The Hall–Kier alpha value is -2.67. The number of pyridine rings is 1. The maximum Gasteiger partial charge on any atom is 0.320 e. The van der Waals surface area contributed by atoms with Crippen molar-refractivity contribution in [3.05, 3.63) is 64.7 Å². The van der Waals surface area contributed by atoms with E-state index in [-0.39, 0.29) is 6.03 Å². The van der Waals surface area contributed by atoms with E-state index in [1.54, 1.807) is 28.3 Å². The molecular formula is C15H15N5OS. The van der Waals surface area contributed by atoms with E-state index in [9.17, 15) is 4.79 Å². The van der Waals surface area contributed by atoms with Crippen molar-refractivity contribution >= 4 is 23.2 Å². The fourth-order valence-corrected chi connectivity index (χ4v) is 2.56. The van der Waals surface area contributed by atoms with E-state index in [2.05, 4.69) is 20.7 Å². The molecule has 0 saturated heterocycles. The van der Waals surface area contributed by atoms with E-state index in [1.165, 1.54) is 0 Å². The van der Waals surface area contributed by atoms with Crippen molar-refractivity contribution in [2.24, 2.45) is 0 Å². The van der Waals surface area contributed by atoms with Crippen molar-refractivity contribution in [3.8, 4) is 0 Å². The number of hydrogen-bond donors (Lipinski definition) is 2. The van der Waals surface area contributed by atoms with Gasteiger partial charge in [-0.3, -0.25) is 15.0 Å². The normalized spacial score (nSPS) is 10.4. The van der Waals surface area contributed by atoms with E-state index in [0.29, 0.717) is 18.9 Å². The van der Waals surface area contributed by atoms with E-state index < -0.39 is 0 Å². The number of carbonyl (C=O) groups is 1. The van der Waals surface area contributed by atoms with Crippen LogP contribution in [0.25, 0.3) is 0 Å². The third-order valence-electron chi connectivity index (χ3n) is 2.94. The van der Waals surface area contributed by atoms with Gasteiger partial charge in [-0.05, 0) is 23.6 Å². The molecule has 3 aromatic heterocycles. The van der Waals surface area contributed by atoms with E-state index in [4.69, 9.17) is 0 Å². The van der Waals surface area contributed by atoms with Crippen molar-refractivity contribution in [2.45, 2.75) is 13.1 Å². The first-order valence-corrected chi connectivity index (χ1v) is 7.68. The van der Waals surface area contributed by atoms with Crippen LogP contribution in [0.15, 0.2) is 54.2 Å². The average Bonchev–Trinajstić information content (AvgIpc) is 3.18. The van der Waals surface area contributed by atoms with Crippen LogP contribution in [0.4, 0.5) is 10.6 Å². The van der Waals surface area contributed by atoms with Crippen LogP contribution >= 0.6 is 11.3 Å². The number of anilines is 1. The molecule has 6 nitrogen and oxygen atoms in total. The number of nitrogens with one attached hydrogen (secondary N) is 2. The Bertz CT molecular complexity index is 723. The first kappa shape index (κ1) is 14.3. The zero-order valence-corrected chi connectivity index (χ0v) is 12.6. The molecule has 2 N–H and O–H groups in total. The van der Waals surface area contributed by atoms with Gasteiger partial charge >= 0.3 is 6.03 Å². The number of urea groups is 1. The zero-order chi connectivity index (χ0) is 15.2. The maximum atomic E-state index is 11.8. The van der Waals surface area contributed by atoms with Crippen LogP contribution in [0.5, 0.6) is 0 Å². The lowest BCUT2D eigenvalue weighted by atomic mass is 10.3. The van der Waals surface area contributed by atoms with Gasteiger partial charge in [0.25, 0.3) is 0 Å². The highest BCUT2D eigenvalue weighted by Crippen LogP contribution is 2.08. The summed E-state index contributed by atoms with van der Waals surface area (Å²) in [6.07, 6.45) is 3.56. The standard InChI is InChI=1S/C15H15N5OS/c21-15(17-10-13-5-3-9-22-13)18-14-6-8-20(19-14)11-12-4-1-2-7-16-12/h1-9H,10-11H2,(H2,17,18,19,21). The van der Waals surface area contributed by atoms with E-state index >= 15 is 0 Å². The van der Waals surface area contributed by atoms with Gasteiger partial charge in [0.05, 0.1) is 18.8 Å². The number of aromatic nitrogens is 3. The van der Waals surface area contributed by atoms with Gasteiger partial charge in [-0.15, -0.1) is 11.3 Å². The lowest BCUT2D eigenvalue weighted by Gasteiger charge is -2.04. The minimum atomic E-state index is -0.267. The minimum Gasteiger partial charge on any atom is -0.333 e. The summed E-state index contributed by atoms with van der Waals surface area (Å²) in [5, 5.41) is 11.8. The van der Waals surface area contributed by atoms with E-state index in [1.807, 2.05) is 41.9 Å². The predicted molar refractivity (Wildman–Crippen MR) is 85.7 cm³/mol. The Balaban J connectivity index is 1.51. The van der Waals surface area contributed by atoms with Gasteiger partial charge in [-0.2, -0.15) is 5.10 Å². The van der Waals surface area contributed by atoms with Gasteiger partial charge in [0, 0.05) is 23.3 Å². The molecule has 0 bridgehead atoms. The second-order valence-corrected chi connectivity index (χ2v) is 5.64. The van der Waals surface area contributed by atoms with Gasteiger partial charge in [0.1, 0.15) is 0 Å². The maximum absolute atomic E-state index is 11.8. The van der Waals surface area contributed by atoms with Crippen LogP contribution in [-0.2, 0) is 13.1 Å². The number of carbonyl (C=O) groups excluding carboxylic acids is 1. The third-order valence-corrected chi connectivity index (χ3v) is 3.81. The molecule has 3 rings (SSSR count). The van der Waals surface area contributed by atoms with Crippen LogP contribution in [0.1, 0.15) is 10.6 Å². The molecule has 0 unspecified atom stereocenters. The van der Waals surface area contributed by atoms with Gasteiger partial charge < -0.3 is 5.32 Å². The summed E-state index contributed by atoms with van der Waals surface area (Å²) in [5.74, 6) is 0.514. The topological polar surface area (TPSA) is 71.8 Å². The van der Waals surface area contributed by atoms with Gasteiger partial charge in [-0.1, -0.05) is 12.1 Å². The second kappa shape index (κ2) is 6.86. The van der Waals surface area contributed by atoms with Crippen LogP contribution in [-0.4, -0.2) is 20.8 Å². The summed E-state index contributed by atoms with van der Waals surface area (Å²) in [5.41, 5.74) is 0.916. The SMILES string of the molecule is O=C(NCc1cccs1)Nc1ccn(Cc2ccccn2)n1. The van der Waals surface area contributed by atoms with E-state index in [0.717, 1.165) is 10.6 Å². The first-order valence-electron chi connectivity index (χ1n) is 6.80. The highest BCUT2D eigenvalue weighted by molar-refractivity contribution is 7.09. The quantitative estimate of drug-likeness (QED) is 0.761. The predicted octanol–water partition coefficient (Wildman–Crippen LogP) is 2.71. The van der Waals surface area contributed by atoms with Crippen molar-refractivity contribution in [1.29, 1.82) is 0 Å². The molecule has 0 atom stereocenters. The Labute approximate surface area is 131 Å². The number of thiophene rings is 1. The highest BCUT2D eigenvalue weighted by Gasteiger charge is 2.05. The molecule has 7 heteroatoms. The first-order chi connectivity index (χ1) is 10.8. The van der Waals surface area contributed by atoms with Crippen LogP contribution in [0.2, 0.25) is 0 Å². The molecule has 3 heterocycles. The van der Waals surface area contributed by atoms with Gasteiger partial charge in [0.2, 0.25) is 0 Å².